The molecule has 0 spiro atoms. The number of hydrogen-bond acceptors (Lipinski definition) is 2. The molecule has 3 nitrogen and oxygen atoms in total. The zero-order valence-corrected chi connectivity index (χ0v) is 15.8. The van der Waals surface area contributed by atoms with Crippen LogP contribution < -0.4 is 4.74 Å². The van der Waals surface area contributed by atoms with Gasteiger partial charge in [-0.2, -0.15) is 13.2 Å². The van der Waals surface area contributed by atoms with Crippen LogP contribution in [0.1, 0.15) is 48.3 Å². The molecule has 0 atom stereocenters. The maximum Gasteiger partial charge on any atom is 0.416 e. The monoisotopic (exact) mass is 392 g/mol. The molecule has 0 heterocycles. The van der Waals surface area contributed by atoms with Crippen molar-refractivity contribution in [1.29, 1.82) is 0 Å². The molecule has 6 heteroatoms. The molecular formula is C22H23F3O3. The van der Waals surface area contributed by atoms with Gasteiger partial charge in [0.1, 0.15) is 5.75 Å². The predicted octanol–water partition coefficient (Wildman–Crippen LogP) is 6.05. The Kier molecular flexibility index (Phi) is 5.68. The highest BCUT2D eigenvalue weighted by Crippen LogP contribution is 2.41. The smallest absolute Gasteiger partial charge is 0.416 e. The van der Waals surface area contributed by atoms with E-state index in [4.69, 9.17) is 9.84 Å². The molecule has 2 aromatic rings. The molecule has 0 radical (unpaired) electrons. The molecule has 1 fully saturated rings. The number of carboxylic acid groups (broad SMARTS) is 1. The fourth-order valence-electron chi connectivity index (χ4n) is 4.01. The third-order valence-electron chi connectivity index (χ3n) is 5.62. The van der Waals surface area contributed by atoms with Crippen LogP contribution in [0.15, 0.2) is 36.4 Å². The summed E-state index contributed by atoms with van der Waals surface area (Å²) in [5, 5.41) is 9.17. The first-order valence-electron chi connectivity index (χ1n) is 9.29. The fraction of sp³-hybridized carbons (Fsp3) is 0.409. The van der Waals surface area contributed by atoms with Crippen LogP contribution in [-0.2, 0) is 11.0 Å². The number of rotatable bonds is 4. The molecule has 28 heavy (non-hydrogen) atoms. The number of benzene rings is 2. The first-order chi connectivity index (χ1) is 13.2. The number of aliphatic carboxylic acids is 1. The third-order valence-corrected chi connectivity index (χ3v) is 5.62. The van der Waals surface area contributed by atoms with E-state index in [1.807, 2.05) is 18.2 Å². The molecule has 0 aliphatic heterocycles. The van der Waals surface area contributed by atoms with E-state index >= 15 is 0 Å². The van der Waals surface area contributed by atoms with E-state index in [2.05, 4.69) is 0 Å². The van der Waals surface area contributed by atoms with Gasteiger partial charge in [-0.15, -0.1) is 0 Å². The molecule has 0 saturated heterocycles. The van der Waals surface area contributed by atoms with E-state index in [0.717, 1.165) is 36.1 Å². The van der Waals surface area contributed by atoms with Crippen molar-refractivity contribution < 1.29 is 27.8 Å². The summed E-state index contributed by atoms with van der Waals surface area (Å²) in [6, 6.07) is 9.51. The molecule has 2 aromatic carbocycles. The Labute approximate surface area is 162 Å². The molecule has 1 aliphatic carbocycles. The number of aryl methyl sites for hydroxylation is 1. The minimum atomic E-state index is -4.38. The second-order valence-corrected chi connectivity index (χ2v) is 7.37. The van der Waals surface area contributed by atoms with Crippen LogP contribution in [0.3, 0.4) is 0 Å². The lowest BCUT2D eigenvalue weighted by atomic mass is 9.78. The molecule has 1 aliphatic rings. The summed E-state index contributed by atoms with van der Waals surface area (Å²) >= 11 is 0. The van der Waals surface area contributed by atoms with Gasteiger partial charge >= 0.3 is 12.1 Å². The van der Waals surface area contributed by atoms with E-state index in [1.165, 1.54) is 13.2 Å². The lowest BCUT2D eigenvalue weighted by Gasteiger charge is -2.27. The van der Waals surface area contributed by atoms with Gasteiger partial charge in [-0.05, 0) is 79.5 Å². The van der Waals surface area contributed by atoms with Crippen LogP contribution in [0.2, 0.25) is 0 Å². The van der Waals surface area contributed by atoms with Gasteiger partial charge in [-0.3, -0.25) is 4.79 Å². The summed E-state index contributed by atoms with van der Waals surface area (Å²) in [5.74, 6) is -0.179. The minimum absolute atomic E-state index is 0.245. The minimum Gasteiger partial charge on any atom is -0.496 e. The van der Waals surface area contributed by atoms with Crippen LogP contribution in [-0.4, -0.2) is 18.2 Å². The Balaban J connectivity index is 1.94. The molecule has 1 N–H and O–H groups in total. The number of methoxy groups -OCH3 is 1. The van der Waals surface area contributed by atoms with E-state index in [0.29, 0.717) is 29.7 Å². The van der Waals surface area contributed by atoms with Crippen molar-refractivity contribution in [3.63, 3.8) is 0 Å². The number of carbonyl (C=O) groups is 1. The van der Waals surface area contributed by atoms with Gasteiger partial charge in [0.25, 0.3) is 0 Å². The number of ether oxygens (including phenoxy) is 1. The average molecular weight is 392 g/mol. The summed E-state index contributed by atoms with van der Waals surface area (Å²) < 4.78 is 44.4. The van der Waals surface area contributed by atoms with Crippen LogP contribution in [0.5, 0.6) is 5.75 Å². The molecule has 1 saturated carbocycles. The van der Waals surface area contributed by atoms with E-state index in [-0.39, 0.29) is 11.8 Å². The molecule has 0 unspecified atom stereocenters. The molecule has 0 bridgehead atoms. The van der Waals surface area contributed by atoms with Crippen molar-refractivity contribution in [2.45, 2.75) is 44.7 Å². The van der Waals surface area contributed by atoms with Gasteiger partial charge < -0.3 is 9.84 Å². The average Bonchev–Trinajstić information content (AvgIpc) is 2.67. The summed E-state index contributed by atoms with van der Waals surface area (Å²) in [5.41, 5.74) is 2.38. The Morgan fingerprint density at radius 3 is 2.25 bits per heavy atom. The van der Waals surface area contributed by atoms with Gasteiger partial charge in [0.05, 0.1) is 18.6 Å². The summed E-state index contributed by atoms with van der Waals surface area (Å²) in [6.45, 7) is 1.66. The second-order valence-electron chi connectivity index (χ2n) is 7.37. The van der Waals surface area contributed by atoms with Gasteiger partial charge in [-0.25, -0.2) is 0 Å². The maximum absolute atomic E-state index is 13.0. The zero-order valence-electron chi connectivity index (χ0n) is 15.8. The van der Waals surface area contributed by atoms with Gasteiger partial charge in [0.15, 0.2) is 0 Å². The van der Waals surface area contributed by atoms with Crippen molar-refractivity contribution in [3.8, 4) is 16.9 Å². The van der Waals surface area contributed by atoms with E-state index < -0.39 is 17.7 Å². The SMILES string of the molecule is COc1ccc([C@H]2CC[C@H](C(=O)O)CC2)cc1-c1ccc(C(F)(F)F)cc1C. The van der Waals surface area contributed by atoms with Crippen LogP contribution in [0, 0.1) is 12.8 Å². The van der Waals surface area contributed by atoms with Gasteiger partial charge in [0, 0.05) is 5.56 Å². The second kappa shape index (κ2) is 7.86. The topological polar surface area (TPSA) is 46.5 Å². The molecule has 3 rings (SSSR count). The van der Waals surface area contributed by atoms with Crippen LogP contribution in [0.25, 0.3) is 11.1 Å². The third kappa shape index (κ3) is 4.16. The zero-order chi connectivity index (χ0) is 20.5. The fourth-order valence-corrected chi connectivity index (χ4v) is 4.01. The van der Waals surface area contributed by atoms with Crippen LogP contribution in [0.4, 0.5) is 13.2 Å². The standard InChI is InChI=1S/C22H23F3O3/c1-13-11-17(22(23,24)25)8-9-18(13)19-12-16(7-10-20(19)28-2)14-3-5-15(6-4-14)21(26)27/h7-12,14-15H,3-6H2,1-2H3,(H,26,27)/t14-,15-. The first-order valence-corrected chi connectivity index (χ1v) is 9.29. The first kappa shape index (κ1) is 20.2. The number of alkyl halides is 3. The van der Waals surface area contributed by atoms with E-state index in [1.54, 1.807) is 6.92 Å². The number of carboxylic acids is 1. The van der Waals surface area contributed by atoms with Gasteiger partial charge in [0.2, 0.25) is 0 Å². The van der Waals surface area contributed by atoms with Crippen molar-refractivity contribution in [2.24, 2.45) is 5.92 Å². The predicted molar refractivity (Wildman–Crippen MR) is 101 cm³/mol. The Hall–Kier alpha value is -2.50. The largest absolute Gasteiger partial charge is 0.496 e. The molecular weight excluding hydrogens is 369 g/mol. The number of hydrogen-bond donors (Lipinski definition) is 1. The van der Waals surface area contributed by atoms with E-state index in [9.17, 15) is 18.0 Å². The summed E-state index contributed by atoms with van der Waals surface area (Å²) in [7, 11) is 1.54. The Bertz CT molecular complexity index is 866. The van der Waals surface area contributed by atoms with Crippen molar-refractivity contribution in [3.05, 3.63) is 53.1 Å². The maximum atomic E-state index is 13.0. The lowest BCUT2D eigenvalue weighted by Crippen LogP contribution is -2.20. The summed E-state index contributed by atoms with van der Waals surface area (Å²) in [6.07, 6.45) is -1.52. The summed E-state index contributed by atoms with van der Waals surface area (Å²) in [4.78, 5) is 11.2. The molecule has 150 valence electrons. The van der Waals surface area contributed by atoms with Crippen LogP contribution >= 0.6 is 0 Å². The Morgan fingerprint density at radius 1 is 1.04 bits per heavy atom. The highest BCUT2D eigenvalue weighted by atomic mass is 19.4. The number of halogens is 3. The highest BCUT2D eigenvalue weighted by Gasteiger charge is 2.31. The normalized spacial score (nSPS) is 20.0. The molecule has 0 aromatic heterocycles. The quantitative estimate of drug-likeness (QED) is 0.689. The highest BCUT2D eigenvalue weighted by molar-refractivity contribution is 5.74. The van der Waals surface area contributed by atoms with Crippen molar-refractivity contribution in [2.75, 3.05) is 7.11 Å². The van der Waals surface area contributed by atoms with Gasteiger partial charge in [-0.1, -0.05) is 12.1 Å². The van der Waals surface area contributed by atoms with Crippen molar-refractivity contribution in [1.82, 2.24) is 0 Å². The lowest BCUT2D eigenvalue weighted by molar-refractivity contribution is -0.143. The molecule has 0 amide bonds. The Morgan fingerprint density at radius 2 is 1.71 bits per heavy atom. The van der Waals surface area contributed by atoms with Crippen molar-refractivity contribution >= 4 is 5.97 Å².